The summed E-state index contributed by atoms with van der Waals surface area (Å²) in [5, 5.41) is 10.2. The molecule has 0 heterocycles. The van der Waals surface area contributed by atoms with Gasteiger partial charge in [-0.15, -0.1) is 0 Å². The zero-order chi connectivity index (χ0) is 11.8. The Morgan fingerprint density at radius 1 is 1.31 bits per heavy atom. The fourth-order valence-corrected chi connectivity index (χ4v) is 1.93. The largest absolute Gasteiger partial charge is 0.388 e. The van der Waals surface area contributed by atoms with Gasteiger partial charge >= 0.3 is 0 Å². The van der Waals surface area contributed by atoms with Crippen molar-refractivity contribution < 1.29 is 5.11 Å². The maximum Gasteiger partial charge on any atom is 0.0852 e. The Hall–Kier alpha value is -0.860. The van der Waals surface area contributed by atoms with Crippen LogP contribution < -0.4 is 5.73 Å². The lowest BCUT2D eigenvalue weighted by molar-refractivity contribution is 0.0555. The normalized spacial score (nSPS) is 18.5. The van der Waals surface area contributed by atoms with Crippen molar-refractivity contribution in [3.63, 3.8) is 0 Å². The molecule has 1 aliphatic rings. The number of hydrogen-bond acceptors (Lipinski definition) is 2. The summed E-state index contributed by atoms with van der Waals surface area (Å²) in [5.41, 5.74) is 7.79. The summed E-state index contributed by atoms with van der Waals surface area (Å²) in [6.45, 7) is 4.47. The van der Waals surface area contributed by atoms with Gasteiger partial charge in [-0.2, -0.15) is 0 Å². The van der Waals surface area contributed by atoms with Crippen LogP contribution in [0.5, 0.6) is 0 Å². The predicted molar refractivity (Wildman–Crippen MR) is 66.2 cm³/mol. The first-order valence-electron chi connectivity index (χ1n) is 6.02. The highest BCUT2D eigenvalue weighted by Crippen LogP contribution is 2.41. The fraction of sp³-hybridized carbons (Fsp3) is 0.571. The number of aliphatic hydroxyl groups excluding tert-OH is 1. The van der Waals surface area contributed by atoms with Gasteiger partial charge in [0.25, 0.3) is 0 Å². The van der Waals surface area contributed by atoms with Crippen LogP contribution in [0, 0.1) is 5.41 Å². The van der Waals surface area contributed by atoms with Crippen molar-refractivity contribution in [1.82, 2.24) is 0 Å². The summed E-state index contributed by atoms with van der Waals surface area (Å²) >= 11 is 0. The van der Waals surface area contributed by atoms with E-state index in [-0.39, 0.29) is 5.41 Å². The molecule has 0 amide bonds. The van der Waals surface area contributed by atoms with Crippen molar-refractivity contribution in [2.75, 3.05) is 6.54 Å². The zero-order valence-corrected chi connectivity index (χ0v) is 10.1. The summed E-state index contributed by atoms with van der Waals surface area (Å²) in [6, 6.07) is 8.36. The van der Waals surface area contributed by atoms with Crippen molar-refractivity contribution in [3.8, 4) is 0 Å². The minimum atomic E-state index is -0.481. The van der Waals surface area contributed by atoms with E-state index in [4.69, 9.17) is 5.73 Å². The molecule has 0 aliphatic heterocycles. The van der Waals surface area contributed by atoms with E-state index in [0.29, 0.717) is 6.54 Å². The molecule has 2 nitrogen and oxygen atoms in total. The standard InChI is InChI=1S/C14H21NO/c1-14(2,9-15)13(16)12-7-5-11(6-8-12)10-3-4-10/h5-8,10,13,16H,3-4,9,15H2,1-2H3. The lowest BCUT2D eigenvalue weighted by atomic mass is 9.82. The molecule has 2 rings (SSSR count). The number of rotatable bonds is 4. The Morgan fingerprint density at radius 2 is 1.88 bits per heavy atom. The van der Waals surface area contributed by atoms with E-state index in [2.05, 4.69) is 12.1 Å². The highest BCUT2D eigenvalue weighted by Gasteiger charge is 2.28. The molecule has 1 atom stereocenters. The number of nitrogens with two attached hydrogens (primary N) is 1. The topological polar surface area (TPSA) is 46.2 Å². The van der Waals surface area contributed by atoms with Gasteiger partial charge in [-0.3, -0.25) is 0 Å². The second-order valence-corrected chi connectivity index (χ2v) is 5.54. The smallest absolute Gasteiger partial charge is 0.0852 e. The quantitative estimate of drug-likeness (QED) is 0.817. The van der Waals surface area contributed by atoms with E-state index in [1.807, 2.05) is 26.0 Å². The van der Waals surface area contributed by atoms with Gasteiger partial charge in [0.05, 0.1) is 6.10 Å². The Morgan fingerprint density at radius 3 is 2.31 bits per heavy atom. The van der Waals surface area contributed by atoms with Crippen molar-refractivity contribution >= 4 is 0 Å². The number of benzene rings is 1. The molecule has 1 unspecified atom stereocenters. The van der Waals surface area contributed by atoms with E-state index >= 15 is 0 Å². The van der Waals surface area contributed by atoms with Crippen LogP contribution in [-0.2, 0) is 0 Å². The molecular weight excluding hydrogens is 198 g/mol. The highest BCUT2D eigenvalue weighted by atomic mass is 16.3. The SMILES string of the molecule is CC(C)(CN)C(O)c1ccc(C2CC2)cc1. The Balaban J connectivity index is 2.14. The van der Waals surface area contributed by atoms with Crippen molar-refractivity contribution in [3.05, 3.63) is 35.4 Å². The summed E-state index contributed by atoms with van der Waals surface area (Å²) in [5.74, 6) is 0.772. The average Bonchev–Trinajstić information content (AvgIpc) is 3.12. The van der Waals surface area contributed by atoms with Gasteiger partial charge in [0.1, 0.15) is 0 Å². The molecule has 1 saturated carbocycles. The van der Waals surface area contributed by atoms with E-state index in [1.165, 1.54) is 18.4 Å². The molecule has 0 spiro atoms. The van der Waals surface area contributed by atoms with E-state index in [1.54, 1.807) is 0 Å². The molecule has 1 fully saturated rings. The third-order valence-corrected chi connectivity index (χ3v) is 3.57. The highest BCUT2D eigenvalue weighted by molar-refractivity contribution is 5.29. The third-order valence-electron chi connectivity index (χ3n) is 3.57. The first kappa shape index (κ1) is 11.6. The molecule has 0 bridgehead atoms. The van der Waals surface area contributed by atoms with Crippen molar-refractivity contribution in [2.24, 2.45) is 11.1 Å². The van der Waals surface area contributed by atoms with Gasteiger partial charge in [0, 0.05) is 12.0 Å². The Kier molecular flexibility index (Phi) is 3.04. The minimum Gasteiger partial charge on any atom is -0.388 e. The van der Waals surface area contributed by atoms with Gasteiger partial charge in [-0.25, -0.2) is 0 Å². The van der Waals surface area contributed by atoms with Crippen LogP contribution in [0.15, 0.2) is 24.3 Å². The third kappa shape index (κ3) is 2.28. The van der Waals surface area contributed by atoms with Crippen LogP contribution in [0.4, 0.5) is 0 Å². The van der Waals surface area contributed by atoms with E-state index < -0.39 is 6.10 Å². The van der Waals surface area contributed by atoms with Crippen LogP contribution >= 0.6 is 0 Å². The lowest BCUT2D eigenvalue weighted by Crippen LogP contribution is -2.30. The van der Waals surface area contributed by atoms with Crippen LogP contribution in [0.2, 0.25) is 0 Å². The molecule has 0 saturated heterocycles. The van der Waals surface area contributed by atoms with Gasteiger partial charge in [-0.05, 0) is 29.9 Å². The monoisotopic (exact) mass is 219 g/mol. The second kappa shape index (κ2) is 4.19. The first-order valence-corrected chi connectivity index (χ1v) is 6.02. The molecule has 2 heteroatoms. The average molecular weight is 219 g/mol. The summed E-state index contributed by atoms with van der Waals surface area (Å²) < 4.78 is 0. The molecule has 88 valence electrons. The van der Waals surface area contributed by atoms with Crippen LogP contribution in [0.1, 0.15) is 49.8 Å². The lowest BCUT2D eigenvalue weighted by Gasteiger charge is -2.29. The number of aliphatic hydroxyl groups is 1. The van der Waals surface area contributed by atoms with E-state index in [0.717, 1.165) is 11.5 Å². The molecule has 16 heavy (non-hydrogen) atoms. The molecule has 1 aromatic carbocycles. The van der Waals surface area contributed by atoms with Crippen LogP contribution in [-0.4, -0.2) is 11.7 Å². The van der Waals surface area contributed by atoms with Gasteiger partial charge in [-0.1, -0.05) is 38.1 Å². The fourth-order valence-electron chi connectivity index (χ4n) is 1.93. The first-order chi connectivity index (χ1) is 7.54. The van der Waals surface area contributed by atoms with E-state index in [9.17, 15) is 5.11 Å². The summed E-state index contributed by atoms with van der Waals surface area (Å²) in [4.78, 5) is 0. The van der Waals surface area contributed by atoms with Gasteiger partial charge in [0.2, 0.25) is 0 Å². The Bertz CT molecular complexity index is 352. The van der Waals surface area contributed by atoms with Gasteiger partial charge in [0.15, 0.2) is 0 Å². The molecule has 3 N–H and O–H groups in total. The Labute approximate surface area is 97.5 Å². The molecule has 1 aromatic rings. The minimum absolute atomic E-state index is 0.263. The molecular formula is C14H21NO. The van der Waals surface area contributed by atoms with Crippen LogP contribution in [0.3, 0.4) is 0 Å². The van der Waals surface area contributed by atoms with Crippen LogP contribution in [0.25, 0.3) is 0 Å². The zero-order valence-electron chi connectivity index (χ0n) is 10.1. The molecule has 0 aromatic heterocycles. The maximum absolute atomic E-state index is 10.2. The van der Waals surface area contributed by atoms with Crippen molar-refractivity contribution in [2.45, 2.75) is 38.7 Å². The molecule has 1 aliphatic carbocycles. The molecule has 0 radical (unpaired) electrons. The van der Waals surface area contributed by atoms with Crippen molar-refractivity contribution in [1.29, 1.82) is 0 Å². The predicted octanol–water partition coefficient (Wildman–Crippen LogP) is 2.58. The second-order valence-electron chi connectivity index (χ2n) is 5.54. The summed E-state index contributed by atoms with van der Waals surface area (Å²) in [7, 11) is 0. The number of hydrogen-bond donors (Lipinski definition) is 2. The maximum atomic E-state index is 10.2. The van der Waals surface area contributed by atoms with Gasteiger partial charge < -0.3 is 10.8 Å². The summed E-state index contributed by atoms with van der Waals surface area (Å²) in [6.07, 6.45) is 2.15.